The fourth-order valence-corrected chi connectivity index (χ4v) is 2.29. The molecule has 0 aliphatic carbocycles. The summed E-state index contributed by atoms with van der Waals surface area (Å²) >= 11 is 1.58. The summed E-state index contributed by atoms with van der Waals surface area (Å²) < 4.78 is 10.9. The van der Waals surface area contributed by atoms with E-state index in [0.29, 0.717) is 6.10 Å². The molecule has 2 aromatic rings. The molecule has 0 N–H and O–H groups in total. The lowest BCUT2D eigenvalue weighted by Crippen LogP contribution is -1.92. The highest BCUT2D eigenvalue weighted by Gasteiger charge is 2.24. The van der Waals surface area contributed by atoms with Gasteiger partial charge >= 0.3 is 0 Å². The van der Waals surface area contributed by atoms with Gasteiger partial charge in [0.25, 0.3) is 0 Å². The largest absolute Gasteiger partial charge is 0.373 e. The van der Waals surface area contributed by atoms with Gasteiger partial charge in [-0.05, 0) is 17.6 Å². The number of nitrogens with zero attached hydrogens (tertiary/aromatic N) is 1. The molecule has 0 saturated carbocycles. The Morgan fingerprint density at radius 2 is 2.31 bits per heavy atom. The van der Waals surface area contributed by atoms with Crippen molar-refractivity contribution in [3.8, 4) is 0 Å². The summed E-state index contributed by atoms with van der Waals surface area (Å²) in [5, 5.41) is 1.29. The Kier molecular flexibility index (Phi) is 1.60. The van der Waals surface area contributed by atoms with E-state index in [1.165, 1.54) is 15.8 Å². The molecule has 1 aliphatic rings. The van der Waals surface area contributed by atoms with Gasteiger partial charge in [0.05, 0.1) is 23.1 Å². The van der Waals surface area contributed by atoms with Gasteiger partial charge in [-0.15, -0.1) is 0 Å². The van der Waals surface area contributed by atoms with Crippen molar-refractivity contribution in [2.75, 3.05) is 6.61 Å². The third-order valence-electron chi connectivity index (χ3n) is 2.28. The first kappa shape index (κ1) is 7.47. The summed E-state index contributed by atoms with van der Waals surface area (Å²) in [6.07, 6.45) is 1.41. The van der Waals surface area contributed by atoms with Crippen LogP contribution in [0.5, 0.6) is 0 Å². The van der Waals surface area contributed by atoms with Crippen LogP contribution < -0.4 is 0 Å². The smallest absolute Gasteiger partial charge is 0.0865 e. The molecule has 3 rings (SSSR count). The van der Waals surface area contributed by atoms with Crippen molar-refractivity contribution in [1.29, 1.82) is 0 Å². The van der Waals surface area contributed by atoms with Crippen LogP contribution in [-0.4, -0.2) is 17.1 Å². The summed E-state index contributed by atoms with van der Waals surface area (Å²) in [5.41, 5.74) is 1.20. The summed E-state index contributed by atoms with van der Waals surface area (Å²) in [5.74, 6) is 0. The van der Waals surface area contributed by atoms with Crippen LogP contribution in [0.2, 0.25) is 0 Å². The van der Waals surface area contributed by atoms with E-state index in [4.69, 9.17) is 4.74 Å². The standard InChI is InChI=1S/C10H9NOS/c1-2-4-10-8(3-1)9(11-13-10)5-7-6-12-7/h1-4,7H,5-6H2. The quantitative estimate of drug-likeness (QED) is 0.680. The van der Waals surface area contributed by atoms with E-state index in [9.17, 15) is 0 Å². The zero-order chi connectivity index (χ0) is 8.67. The van der Waals surface area contributed by atoms with E-state index < -0.39 is 0 Å². The molecule has 1 aliphatic heterocycles. The van der Waals surface area contributed by atoms with Crippen LogP contribution in [0.1, 0.15) is 5.69 Å². The molecule has 1 aromatic carbocycles. The fourth-order valence-electron chi connectivity index (χ4n) is 1.49. The van der Waals surface area contributed by atoms with E-state index in [1.807, 2.05) is 0 Å². The van der Waals surface area contributed by atoms with Gasteiger partial charge < -0.3 is 4.74 Å². The Morgan fingerprint density at radius 1 is 1.46 bits per heavy atom. The Bertz CT molecular complexity index is 433. The molecule has 0 bridgehead atoms. The molecular weight excluding hydrogens is 182 g/mol. The highest BCUT2D eigenvalue weighted by molar-refractivity contribution is 7.13. The van der Waals surface area contributed by atoms with Crippen LogP contribution in [0.3, 0.4) is 0 Å². The Hall–Kier alpha value is -0.930. The first-order chi connectivity index (χ1) is 6.43. The predicted octanol–water partition coefficient (Wildman–Crippen LogP) is 2.24. The number of rotatable bonds is 2. The van der Waals surface area contributed by atoms with Crippen LogP contribution >= 0.6 is 11.5 Å². The van der Waals surface area contributed by atoms with Crippen molar-refractivity contribution in [2.24, 2.45) is 0 Å². The third kappa shape index (κ3) is 1.34. The van der Waals surface area contributed by atoms with Gasteiger partial charge in [-0.2, -0.15) is 4.37 Å². The lowest BCUT2D eigenvalue weighted by atomic mass is 10.1. The van der Waals surface area contributed by atoms with Crippen LogP contribution in [-0.2, 0) is 11.2 Å². The minimum absolute atomic E-state index is 0.436. The highest BCUT2D eigenvalue weighted by atomic mass is 32.1. The van der Waals surface area contributed by atoms with Gasteiger partial charge in [-0.3, -0.25) is 0 Å². The van der Waals surface area contributed by atoms with Gasteiger partial charge in [-0.1, -0.05) is 18.2 Å². The van der Waals surface area contributed by atoms with E-state index >= 15 is 0 Å². The van der Waals surface area contributed by atoms with Gasteiger partial charge in [0, 0.05) is 11.8 Å². The number of ether oxygens (including phenoxy) is 1. The van der Waals surface area contributed by atoms with Crippen molar-refractivity contribution in [3.63, 3.8) is 0 Å². The van der Waals surface area contributed by atoms with E-state index in [0.717, 1.165) is 13.0 Å². The molecule has 1 aromatic heterocycles. The minimum Gasteiger partial charge on any atom is -0.373 e. The normalized spacial score (nSPS) is 20.8. The van der Waals surface area contributed by atoms with E-state index in [2.05, 4.69) is 28.6 Å². The van der Waals surface area contributed by atoms with Crippen molar-refractivity contribution in [3.05, 3.63) is 30.0 Å². The monoisotopic (exact) mass is 191 g/mol. The summed E-state index contributed by atoms with van der Waals surface area (Å²) in [6.45, 7) is 0.909. The minimum atomic E-state index is 0.436. The Labute approximate surface area is 80.3 Å². The fraction of sp³-hybridized carbons (Fsp3) is 0.300. The molecule has 66 valence electrons. The molecule has 13 heavy (non-hydrogen) atoms. The number of fused-ring (bicyclic) bond motifs is 1. The number of epoxide rings is 1. The molecule has 0 amide bonds. The topological polar surface area (TPSA) is 25.4 Å². The van der Waals surface area contributed by atoms with E-state index in [-0.39, 0.29) is 0 Å². The van der Waals surface area contributed by atoms with Gasteiger partial charge in [0.15, 0.2) is 0 Å². The molecule has 2 heterocycles. The highest BCUT2D eigenvalue weighted by Crippen LogP contribution is 2.25. The first-order valence-electron chi connectivity index (χ1n) is 4.38. The second kappa shape index (κ2) is 2.79. The van der Waals surface area contributed by atoms with Crippen molar-refractivity contribution in [1.82, 2.24) is 4.37 Å². The molecule has 1 fully saturated rings. The van der Waals surface area contributed by atoms with Crippen molar-refractivity contribution in [2.45, 2.75) is 12.5 Å². The average molecular weight is 191 g/mol. The van der Waals surface area contributed by atoms with Gasteiger partial charge in [0.2, 0.25) is 0 Å². The van der Waals surface area contributed by atoms with E-state index in [1.54, 1.807) is 11.5 Å². The van der Waals surface area contributed by atoms with Crippen molar-refractivity contribution >= 4 is 21.6 Å². The number of benzene rings is 1. The summed E-state index contributed by atoms with van der Waals surface area (Å²) in [4.78, 5) is 0. The third-order valence-corrected chi connectivity index (χ3v) is 3.14. The van der Waals surface area contributed by atoms with Crippen LogP contribution in [0, 0.1) is 0 Å². The Morgan fingerprint density at radius 3 is 3.15 bits per heavy atom. The molecule has 1 unspecified atom stereocenters. The molecule has 1 saturated heterocycles. The maximum Gasteiger partial charge on any atom is 0.0865 e. The Balaban J connectivity index is 2.06. The molecular formula is C10H9NOS. The van der Waals surface area contributed by atoms with Crippen molar-refractivity contribution < 1.29 is 4.74 Å². The maximum atomic E-state index is 5.20. The molecule has 0 radical (unpaired) electrons. The molecule has 1 atom stereocenters. The maximum absolute atomic E-state index is 5.20. The second-order valence-corrected chi connectivity index (χ2v) is 4.09. The lowest BCUT2D eigenvalue weighted by Gasteiger charge is -1.91. The number of hydrogen-bond acceptors (Lipinski definition) is 3. The average Bonchev–Trinajstić information content (AvgIpc) is 2.88. The van der Waals surface area contributed by atoms with Crippen LogP contribution in [0.15, 0.2) is 24.3 Å². The van der Waals surface area contributed by atoms with Crippen LogP contribution in [0.4, 0.5) is 0 Å². The molecule has 3 heteroatoms. The van der Waals surface area contributed by atoms with Crippen LogP contribution in [0.25, 0.3) is 10.1 Å². The zero-order valence-electron chi connectivity index (χ0n) is 7.06. The lowest BCUT2D eigenvalue weighted by molar-refractivity contribution is 0.407. The second-order valence-electron chi connectivity index (χ2n) is 3.28. The molecule has 0 spiro atoms. The van der Waals surface area contributed by atoms with Gasteiger partial charge in [-0.25, -0.2) is 0 Å². The summed E-state index contributed by atoms with van der Waals surface area (Å²) in [6, 6.07) is 8.37. The number of aromatic nitrogens is 1. The first-order valence-corrected chi connectivity index (χ1v) is 5.16. The summed E-state index contributed by atoms with van der Waals surface area (Å²) in [7, 11) is 0. The predicted molar refractivity (Wildman–Crippen MR) is 53.1 cm³/mol. The van der Waals surface area contributed by atoms with Gasteiger partial charge in [0.1, 0.15) is 0 Å². The number of hydrogen-bond donors (Lipinski definition) is 0. The molecule has 2 nitrogen and oxygen atoms in total. The zero-order valence-corrected chi connectivity index (χ0v) is 7.88. The SMILES string of the molecule is c1ccc2c(CC3CO3)nsc2c1.